The van der Waals surface area contributed by atoms with Crippen LogP contribution in [0.25, 0.3) is 0 Å². The van der Waals surface area contributed by atoms with Crippen molar-refractivity contribution >= 4 is 30.9 Å². The Morgan fingerprint density at radius 2 is 1.60 bits per heavy atom. The van der Waals surface area contributed by atoms with Crippen LogP contribution in [0, 0.1) is 11.8 Å². The van der Waals surface area contributed by atoms with Crippen molar-refractivity contribution in [3.8, 4) is 0 Å². The van der Waals surface area contributed by atoms with E-state index < -0.39 is 8.32 Å². The van der Waals surface area contributed by atoms with Gasteiger partial charge in [0.2, 0.25) is 0 Å². The number of carbonyl (C=O) groups is 2. The summed E-state index contributed by atoms with van der Waals surface area (Å²) in [6.07, 6.45) is 2.19. The van der Waals surface area contributed by atoms with Crippen molar-refractivity contribution in [3.05, 3.63) is 60.7 Å². The van der Waals surface area contributed by atoms with Crippen LogP contribution < -0.4 is 10.4 Å². The number of esters is 1. The third-order valence-electron chi connectivity index (χ3n) is 6.77. The quantitative estimate of drug-likeness (QED) is 0.406. The molecule has 2 fully saturated rings. The van der Waals surface area contributed by atoms with E-state index in [4.69, 9.17) is 9.16 Å². The molecule has 2 aromatic rings. The SMILES string of the molecule is CC(C)(C)[Si](O[C@@H]1C[C@@H]2OC(=O)C[C@@H]2[C@H]1CC=O)(c1ccccc1)c1ccccc1. The standard InChI is InChI=1S/C25H30O4Si/c1-25(2,3)30(18-10-6-4-7-11-18,19-12-8-5-9-13-19)29-23-17-22-21(16-24(27)28-22)20(23)14-15-26/h4-13,15,20-23H,14,16-17H2,1-3H3/t20-,21-,22+,23-/m1/s1. The second-order valence-electron chi connectivity index (χ2n) is 9.52. The fourth-order valence-electron chi connectivity index (χ4n) is 5.45. The number of carbonyl (C=O) groups excluding carboxylic acids is 2. The summed E-state index contributed by atoms with van der Waals surface area (Å²) in [5, 5.41) is 2.32. The van der Waals surface area contributed by atoms with Gasteiger partial charge in [0.1, 0.15) is 12.4 Å². The number of hydrogen-bond acceptors (Lipinski definition) is 4. The molecule has 0 spiro atoms. The minimum Gasteiger partial charge on any atom is -0.462 e. The zero-order chi connectivity index (χ0) is 21.4. The van der Waals surface area contributed by atoms with Crippen molar-refractivity contribution < 1.29 is 18.8 Å². The largest absolute Gasteiger partial charge is 0.462 e. The number of hydrogen-bond donors (Lipinski definition) is 0. The Hall–Kier alpha value is -2.24. The van der Waals surface area contributed by atoms with Gasteiger partial charge in [0.15, 0.2) is 0 Å². The van der Waals surface area contributed by atoms with E-state index >= 15 is 0 Å². The third-order valence-corrected chi connectivity index (χ3v) is 11.8. The lowest BCUT2D eigenvalue weighted by molar-refractivity contribution is -0.141. The smallest absolute Gasteiger partial charge is 0.306 e. The summed E-state index contributed by atoms with van der Waals surface area (Å²) in [4.78, 5) is 23.4. The van der Waals surface area contributed by atoms with Crippen LogP contribution in [0.1, 0.15) is 40.0 Å². The molecule has 4 atom stereocenters. The van der Waals surface area contributed by atoms with E-state index in [0.29, 0.717) is 19.3 Å². The molecule has 0 radical (unpaired) electrons. The van der Waals surface area contributed by atoms with Crippen molar-refractivity contribution in [1.82, 2.24) is 0 Å². The monoisotopic (exact) mass is 422 g/mol. The van der Waals surface area contributed by atoms with Gasteiger partial charge in [0, 0.05) is 18.8 Å². The minimum absolute atomic E-state index is 0.0144. The fourth-order valence-corrected chi connectivity index (χ4v) is 10.2. The highest BCUT2D eigenvalue weighted by Crippen LogP contribution is 2.47. The summed E-state index contributed by atoms with van der Waals surface area (Å²) < 4.78 is 12.8. The first-order valence-electron chi connectivity index (χ1n) is 10.8. The van der Waals surface area contributed by atoms with E-state index in [1.165, 1.54) is 10.4 Å². The van der Waals surface area contributed by atoms with E-state index in [-0.39, 0.29) is 35.1 Å². The normalized spacial score (nSPS) is 26.3. The molecule has 5 heteroatoms. The van der Waals surface area contributed by atoms with Crippen LogP contribution in [0.15, 0.2) is 60.7 Å². The van der Waals surface area contributed by atoms with Gasteiger partial charge in [-0.3, -0.25) is 4.79 Å². The lowest BCUT2D eigenvalue weighted by Crippen LogP contribution is -2.68. The van der Waals surface area contributed by atoms with E-state index in [1.54, 1.807) is 0 Å². The molecule has 0 aromatic heterocycles. The maximum atomic E-state index is 11.9. The molecular formula is C25H30O4Si. The minimum atomic E-state index is -2.71. The predicted molar refractivity (Wildman–Crippen MR) is 119 cm³/mol. The Balaban J connectivity index is 1.81. The van der Waals surface area contributed by atoms with Gasteiger partial charge in [0.05, 0.1) is 12.5 Å². The first kappa shape index (κ1) is 21.0. The van der Waals surface area contributed by atoms with Crippen molar-refractivity contribution in [2.24, 2.45) is 11.8 Å². The number of benzene rings is 2. The highest BCUT2D eigenvalue weighted by Gasteiger charge is 2.56. The number of rotatable bonds is 6. The number of fused-ring (bicyclic) bond motifs is 1. The van der Waals surface area contributed by atoms with Gasteiger partial charge in [0.25, 0.3) is 8.32 Å². The van der Waals surface area contributed by atoms with Crippen molar-refractivity contribution in [2.45, 2.75) is 57.3 Å². The van der Waals surface area contributed by atoms with Gasteiger partial charge in [-0.05, 0) is 21.3 Å². The van der Waals surface area contributed by atoms with Crippen molar-refractivity contribution in [3.63, 3.8) is 0 Å². The number of ether oxygens (including phenoxy) is 1. The molecule has 0 amide bonds. The maximum Gasteiger partial charge on any atom is 0.306 e. The Kier molecular flexibility index (Phi) is 5.69. The highest BCUT2D eigenvalue weighted by atomic mass is 28.4. The molecule has 1 saturated carbocycles. The summed E-state index contributed by atoms with van der Waals surface area (Å²) in [5.74, 6) is -0.0590. The molecule has 2 aromatic carbocycles. The predicted octanol–water partition coefficient (Wildman–Crippen LogP) is 3.47. The zero-order valence-corrected chi connectivity index (χ0v) is 18.9. The summed E-state index contributed by atoms with van der Waals surface area (Å²) in [7, 11) is -2.71. The van der Waals surface area contributed by atoms with Crippen LogP contribution in [0.3, 0.4) is 0 Å². The molecule has 1 heterocycles. The second-order valence-corrected chi connectivity index (χ2v) is 13.8. The first-order chi connectivity index (χ1) is 14.4. The summed E-state index contributed by atoms with van der Waals surface area (Å²) >= 11 is 0. The van der Waals surface area contributed by atoms with Gasteiger partial charge in [-0.15, -0.1) is 0 Å². The van der Waals surface area contributed by atoms with Crippen LogP contribution in [-0.4, -0.2) is 32.8 Å². The summed E-state index contributed by atoms with van der Waals surface area (Å²) in [6.45, 7) is 6.76. The molecule has 0 unspecified atom stereocenters. The van der Waals surface area contributed by atoms with Crippen molar-refractivity contribution in [1.29, 1.82) is 0 Å². The van der Waals surface area contributed by atoms with Crippen molar-refractivity contribution in [2.75, 3.05) is 0 Å². The molecule has 4 nitrogen and oxygen atoms in total. The van der Waals surface area contributed by atoms with E-state index in [9.17, 15) is 9.59 Å². The molecule has 0 N–H and O–H groups in total. The van der Waals surface area contributed by atoms with E-state index in [2.05, 4.69) is 69.3 Å². The lowest BCUT2D eigenvalue weighted by atomic mass is 9.90. The molecule has 1 aliphatic carbocycles. The topological polar surface area (TPSA) is 52.6 Å². The molecule has 30 heavy (non-hydrogen) atoms. The molecule has 4 rings (SSSR count). The highest BCUT2D eigenvalue weighted by molar-refractivity contribution is 6.99. The third kappa shape index (κ3) is 3.54. The summed E-state index contributed by atoms with van der Waals surface area (Å²) in [5.41, 5.74) is 0. The molecule has 0 bridgehead atoms. The molecule has 1 saturated heterocycles. The average Bonchev–Trinajstić information content (AvgIpc) is 3.23. The van der Waals surface area contributed by atoms with Gasteiger partial charge >= 0.3 is 5.97 Å². The van der Waals surface area contributed by atoms with Crippen LogP contribution in [0.2, 0.25) is 5.04 Å². The Morgan fingerprint density at radius 1 is 1.03 bits per heavy atom. The Bertz CT molecular complexity index is 851. The molecular weight excluding hydrogens is 392 g/mol. The maximum absolute atomic E-state index is 11.9. The fraction of sp³-hybridized carbons (Fsp3) is 0.440. The second kappa shape index (κ2) is 8.12. The molecule has 1 aliphatic heterocycles. The van der Waals surface area contributed by atoms with E-state index in [1.807, 2.05) is 12.1 Å². The van der Waals surface area contributed by atoms with Crippen LogP contribution >= 0.6 is 0 Å². The zero-order valence-electron chi connectivity index (χ0n) is 17.9. The Labute approximate surface area is 179 Å². The average molecular weight is 423 g/mol. The lowest BCUT2D eigenvalue weighted by Gasteiger charge is -2.45. The first-order valence-corrected chi connectivity index (χ1v) is 12.7. The van der Waals surface area contributed by atoms with Crippen LogP contribution in [0.5, 0.6) is 0 Å². The Morgan fingerprint density at radius 3 is 2.10 bits per heavy atom. The van der Waals surface area contributed by atoms with Crippen LogP contribution in [0.4, 0.5) is 0 Å². The van der Waals surface area contributed by atoms with Gasteiger partial charge in [-0.25, -0.2) is 0 Å². The molecule has 158 valence electrons. The van der Waals surface area contributed by atoms with Gasteiger partial charge in [-0.2, -0.15) is 0 Å². The number of aldehydes is 1. The van der Waals surface area contributed by atoms with Gasteiger partial charge in [-0.1, -0.05) is 81.4 Å². The van der Waals surface area contributed by atoms with Gasteiger partial charge < -0.3 is 14.0 Å². The van der Waals surface area contributed by atoms with E-state index in [0.717, 1.165) is 6.29 Å². The van der Waals surface area contributed by atoms with Crippen LogP contribution in [-0.2, 0) is 18.8 Å². The summed E-state index contributed by atoms with van der Waals surface area (Å²) in [6, 6.07) is 21.1. The molecule has 2 aliphatic rings.